The molecule has 0 aliphatic heterocycles. The largest absolute Gasteiger partial charge is 0.396 e. The molecular formula is C15H22Cl2FNO. The van der Waals surface area contributed by atoms with Crippen molar-refractivity contribution in [1.82, 2.24) is 5.32 Å². The zero-order valence-electron chi connectivity index (χ0n) is 11.9. The molecule has 2 atom stereocenters. The lowest BCUT2D eigenvalue weighted by atomic mass is 9.99. The summed E-state index contributed by atoms with van der Waals surface area (Å²) in [6.07, 6.45) is 2.88. The van der Waals surface area contributed by atoms with Crippen molar-refractivity contribution in [2.75, 3.05) is 13.2 Å². The highest BCUT2D eigenvalue weighted by atomic mass is 35.5. The number of aliphatic hydroxyl groups is 1. The average Bonchev–Trinajstić information content (AvgIpc) is 2.41. The molecule has 0 bridgehead atoms. The van der Waals surface area contributed by atoms with Gasteiger partial charge in [-0.1, -0.05) is 36.5 Å². The van der Waals surface area contributed by atoms with Gasteiger partial charge in [0.15, 0.2) is 0 Å². The fourth-order valence-corrected chi connectivity index (χ4v) is 3.02. The summed E-state index contributed by atoms with van der Waals surface area (Å²) < 4.78 is 13.5. The molecule has 0 fully saturated rings. The SMILES string of the molecule is CCCC(CCO)CNC(C)c1c(Cl)ccc(F)c1Cl. The van der Waals surface area contributed by atoms with E-state index in [1.807, 2.05) is 6.92 Å². The molecule has 2 nitrogen and oxygen atoms in total. The summed E-state index contributed by atoms with van der Waals surface area (Å²) in [5, 5.41) is 12.9. The van der Waals surface area contributed by atoms with Gasteiger partial charge >= 0.3 is 0 Å². The van der Waals surface area contributed by atoms with Crippen LogP contribution in [-0.4, -0.2) is 18.3 Å². The first-order chi connectivity index (χ1) is 9.51. The van der Waals surface area contributed by atoms with Crippen molar-refractivity contribution in [1.29, 1.82) is 0 Å². The Hall–Kier alpha value is -0.350. The van der Waals surface area contributed by atoms with E-state index < -0.39 is 5.82 Å². The molecular weight excluding hydrogens is 300 g/mol. The van der Waals surface area contributed by atoms with Gasteiger partial charge in [-0.3, -0.25) is 0 Å². The Morgan fingerprint density at radius 1 is 1.30 bits per heavy atom. The molecule has 2 unspecified atom stereocenters. The fourth-order valence-electron chi connectivity index (χ4n) is 2.32. The van der Waals surface area contributed by atoms with Gasteiger partial charge in [0.2, 0.25) is 0 Å². The molecule has 0 aliphatic rings. The number of rotatable bonds is 8. The minimum absolute atomic E-state index is 0.0756. The maximum atomic E-state index is 13.5. The number of benzene rings is 1. The highest BCUT2D eigenvalue weighted by Gasteiger charge is 2.18. The van der Waals surface area contributed by atoms with Gasteiger partial charge in [0.1, 0.15) is 5.82 Å². The van der Waals surface area contributed by atoms with Crippen LogP contribution >= 0.6 is 23.2 Å². The van der Waals surface area contributed by atoms with E-state index in [0.29, 0.717) is 16.5 Å². The number of hydrogen-bond donors (Lipinski definition) is 2. The van der Waals surface area contributed by atoms with E-state index >= 15 is 0 Å². The van der Waals surface area contributed by atoms with Crippen LogP contribution in [0.15, 0.2) is 12.1 Å². The zero-order chi connectivity index (χ0) is 15.1. The lowest BCUT2D eigenvalue weighted by Gasteiger charge is -2.21. The Morgan fingerprint density at radius 2 is 2.00 bits per heavy atom. The van der Waals surface area contributed by atoms with Crippen LogP contribution in [-0.2, 0) is 0 Å². The maximum Gasteiger partial charge on any atom is 0.142 e. The van der Waals surface area contributed by atoms with Crippen LogP contribution in [0.4, 0.5) is 4.39 Å². The topological polar surface area (TPSA) is 32.3 Å². The maximum absolute atomic E-state index is 13.5. The Labute approximate surface area is 130 Å². The molecule has 1 aromatic carbocycles. The second-order valence-electron chi connectivity index (χ2n) is 5.05. The van der Waals surface area contributed by atoms with Crippen LogP contribution in [0.2, 0.25) is 10.0 Å². The van der Waals surface area contributed by atoms with Gasteiger partial charge in [0, 0.05) is 23.2 Å². The number of halogens is 3. The lowest BCUT2D eigenvalue weighted by Crippen LogP contribution is -2.27. The second kappa shape index (κ2) is 8.83. The predicted molar refractivity (Wildman–Crippen MR) is 82.9 cm³/mol. The van der Waals surface area contributed by atoms with Crippen molar-refractivity contribution in [3.63, 3.8) is 0 Å². The van der Waals surface area contributed by atoms with Crippen molar-refractivity contribution in [2.24, 2.45) is 5.92 Å². The molecule has 1 rings (SSSR count). The van der Waals surface area contributed by atoms with Crippen LogP contribution < -0.4 is 5.32 Å². The van der Waals surface area contributed by atoms with Gasteiger partial charge in [0.05, 0.1) is 5.02 Å². The first kappa shape index (κ1) is 17.7. The van der Waals surface area contributed by atoms with Crippen molar-refractivity contribution < 1.29 is 9.50 Å². The molecule has 0 spiro atoms. The van der Waals surface area contributed by atoms with E-state index in [0.717, 1.165) is 25.8 Å². The second-order valence-corrected chi connectivity index (χ2v) is 5.84. The smallest absolute Gasteiger partial charge is 0.142 e. The molecule has 0 radical (unpaired) electrons. The Bertz CT molecular complexity index is 423. The van der Waals surface area contributed by atoms with Gasteiger partial charge in [-0.25, -0.2) is 4.39 Å². The summed E-state index contributed by atoms with van der Waals surface area (Å²) in [7, 11) is 0. The van der Waals surface area contributed by atoms with E-state index in [1.165, 1.54) is 12.1 Å². The van der Waals surface area contributed by atoms with Crippen LogP contribution in [0.1, 0.15) is 44.7 Å². The van der Waals surface area contributed by atoms with Crippen molar-refractivity contribution in [3.8, 4) is 0 Å². The predicted octanol–water partition coefficient (Wildman–Crippen LogP) is 4.58. The molecule has 5 heteroatoms. The summed E-state index contributed by atoms with van der Waals surface area (Å²) in [6.45, 7) is 4.96. The zero-order valence-corrected chi connectivity index (χ0v) is 13.4. The van der Waals surface area contributed by atoms with Gasteiger partial charge < -0.3 is 10.4 Å². The normalized spacial score (nSPS) is 14.3. The van der Waals surface area contributed by atoms with E-state index in [-0.39, 0.29) is 17.7 Å². The minimum atomic E-state index is -0.458. The van der Waals surface area contributed by atoms with Crippen LogP contribution in [0.3, 0.4) is 0 Å². The average molecular weight is 322 g/mol. The fraction of sp³-hybridized carbons (Fsp3) is 0.600. The molecule has 0 amide bonds. The highest BCUT2D eigenvalue weighted by molar-refractivity contribution is 6.36. The van der Waals surface area contributed by atoms with Crippen molar-refractivity contribution in [3.05, 3.63) is 33.6 Å². The van der Waals surface area contributed by atoms with Gasteiger partial charge in [-0.15, -0.1) is 0 Å². The Kier molecular flexibility index (Phi) is 7.82. The Balaban J connectivity index is 2.71. The van der Waals surface area contributed by atoms with Gasteiger partial charge in [-0.2, -0.15) is 0 Å². The third kappa shape index (κ3) is 4.88. The van der Waals surface area contributed by atoms with Crippen LogP contribution in [0, 0.1) is 11.7 Å². The molecule has 0 heterocycles. The summed E-state index contributed by atoms with van der Waals surface area (Å²) >= 11 is 12.1. The van der Waals surface area contributed by atoms with Crippen molar-refractivity contribution >= 4 is 23.2 Å². The van der Waals surface area contributed by atoms with E-state index in [4.69, 9.17) is 28.3 Å². The monoisotopic (exact) mass is 321 g/mol. The molecule has 20 heavy (non-hydrogen) atoms. The molecule has 0 saturated carbocycles. The van der Waals surface area contributed by atoms with E-state index in [1.54, 1.807) is 0 Å². The molecule has 1 aromatic rings. The third-order valence-electron chi connectivity index (χ3n) is 3.46. The van der Waals surface area contributed by atoms with Crippen LogP contribution in [0.25, 0.3) is 0 Å². The number of nitrogens with one attached hydrogen (secondary N) is 1. The minimum Gasteiger partial charge on any atom is -0.396 e. The summed E-state index contributed by atoms with van der Waals surface area (Å²) in [6, 6.07) is 2.66. The summed E-state index contributed by atoms with van der Waals surface area (Å²) in [4.78, 5) is 0. The third-order valence-corrected chi connectivity index (χ3v) is 4.17. The summed E-state index contributed by atoms with van der Waals surface area (Å²) in [5.74, 6) is -0.0567. The van der Waals surface area contributed by atoms with Gasteiger partial charge in [0.25, 0.3) is 0 Å². The first-order valence-electron chi connectivity index (χ1n) is 6.98. The quantitative estimate of drug-likeness (QED) is 0.687. The lowest BCUT2D eigenvalue weighted by molar-refractivity contribution is 0.246. The van der Waals surface area contributed by atoms with Crippen molar-refractivity contribution in [2.45, 2.75) is 39.2 Å². The van der Waals surface area contributed by atoms with Crippen LogP contribution in [0.5, 0.6) is 0 Å². The first-order valence-corrected chi connectivity index (χ1v) is 7.74. The van der Waals surface area contributed by atoms with E-state index in [9.17, 15) is 4.39 Å². The number of hydrogen-bond acceptors (Lipinski definition) is 2. The molecule has 114 valence electrons. The molecule has 2 N–H and O–H groups in total. The molecule has 0 aliphatic carbocycles. The standard InChI is InChI=1S/C15H22Cl2FNO/c1-3-4-11(7-8-20)9-19-10(2)14-12(16)5-6-13(18)15(14)17/h5-6,10-11,19-20H,3-4,7-9H2,1-2H3. The highest BCUT2D eigenvalue weighted by Crippen LogP contribution is 2.32. The van der Waals surface area contributed by atoms with E-state index in [2.05, 4.69) is 12.2 Å². The molecule has 0 aromatic heterocycles. The Morgan fingerprint density at radius 3 is 2.60 bits per heavy atom. The summed E-state index contributed by atoms with van der Waals surface area (Å²) in [5.41, 5.74) is 0.590. The number of aliphatic hydroxyl groups excluding tert-OH is 1. The van der Waals surface area contributed by atoms with Gasteiger partial charge in [-0.05, 0) is 44.4 Å². The molecule has 0 saturated heterocycles.